The Kier molecular flexibility index (Phi) is 23.2. The molecule has 0 saturated heterocycles. The summed E-state index contributed by atoms with van der Waals surface area (Å²) in [6, 6.07) is -11.9. The second-order valence-corrected chi connectivity index (χ2v) is 16.0. The molecule has 0 aliphatic rings. The number of carbonyl (C=O) groups excluding carboxylic acids is 8. The van der Waals surface area contributed by atoms with Crippen molar-refractivity contribution in [2.45, 2.75) is 129 Å². The number of phosphoric acid groups is 1. The van der Waals surface area contributed by atoms with Gasteiger partial charge in [-0.25, -0.2) is 4.57 Å². The first-order valence-corrected chi connectivity index (χ1v) is 20.4. The smallest absolute Gasteiger partial charge is 0.469 e. The zero-order valence-corrected chi connectivity index (χ0v) is 35.6. The largest absolute Gasteiger partial charge is 0.481 e. The van der Waals surface area contributed by atoms with Crippen LogP contribution >= 0.6 is 7.82 Å². The van der Waals surface area contributed by atoms with Gasteiger partial charge in [0.25, 0.3) is 0 Å². The van der Waals surface area contributed by atoms with Gasteiger partial charge in [0.05, 0.1) is 19.1 Å². The van der Waals surface area contributed by atoms with Gasteiger partial charge in [-0.15, -0.1) is 0 Å². The van der Waals surface area contributed by atoms with Gasteiger partial charge in [0, 0.05) is 6.42 Å². The number of aliphatic carboxylic acids is 2. The Morgan fingerprint density at radius 2 is 1.03 bits per heavy atom. The Bertz CT molecular complexity index is 1620. The van der Waals surface area contributed by atoms with Gasteiger partial charge in [-0.1, -0.05) is 48.0 Å². The fourth-order valence-electron chi connectivity index (χ4n) is 5.03. The van der Waals surface area contributed by atoms with E-state index >= 15 is 0 Å². The van der Waals surface area contributed by atoms with Crippen molar-refractivity contribution in [2.75, 3.05) is 6.61 Å². The molecule has 0 unspecified atom stereocenters. The number of hydrogen-bond donors (Lipinski definition) is 13. The molecule has 0 aliphatic carbocycles. The summed E-state index contributed by atoms with van der Waals surface area (Å²) in [5.74, 6) is -12.6. The van der Waals surface area contributed by atoms with E-state index in [0.29, 0.717) is 6.42 Å². The third-order valence-electron chi connectivity index (χ3n) is 8.85. The number of carboxylic acids is 2. The third-order valence-corrected chi connectivity index (χ3v) is 9.33. The van der Waals surface area contributed by atoms with Crippen molar-refractivity contribution >= 4 is 67.0 Å². The number of hydrogen-bond acceptors (Lipinski definition) is 13. The molecule has 0 aromatic rings. The predicted octanol–water partition coefficient (Wildman–Crippen LogP) is -3.96. The summed E-state index contributed by atoms with van der Waals surface area (Å²) in [7, 11) is -5.24. The lowest BCUT2D eigenvalue weighted by Crippen LogP contribution is -2.61. The molecule has 9 atom stereocenters. The van der Waals surface area contributed by atoms with Crippen molar-refractivity contribution in [3.8, 4) is 0 Å². The minimum absolute atomic E-state index is 0.345. The molecule has 25 nitrogen and oxygen atoms in total. The number of carbonyl (C=O) groups is 10. The van der Waals surface area contributed by atoms with Crippen LogP contribution in [-0.4, -0.2) is 134 Å². The van der Waals surface area contributed by atoms with E-state index in [2.05, 4.69) is 41.7 Å². The normalized spacial score (nSPS) is 15.9. The van der Waals surface area contributed by atoms with Gasteiger partial charge < -0.3 is 68.7 Å². The monoisotopic (exact) mass is 881 g/mol. The average molecular weight is 882 g/mol. The highest BCUT2D eigenvalue weighted by Crippen LogP contribution is 2.35. The van der Waals surface area contributed by atoms with E-state index in [1.807, 2.05) is 0 Å². The van der Waals surface area contributed by atoms with Crippen LogP contribution in [0.3, 0.4) is 0 Å². The van der Waals surface area contributed by atoms with Crippen molar-refractivity contribution in [3.05, 3.63) is 0 Å². The van der Waals surface area contributed by atoms with E-state index in [9.17, 15) is 72.5 Å². The molecule has 26 heteroatoms. The molecule has 0 rings (SSSR count). The first-order chi connectivity index (χ1) is 27.5. The summed E-state index contributed by atoms with van der Waals surface area (Å²) in [6.45, 7) is 10.5. The van der Waals surface area contributed by atoms with Gasteiger partial charge >= 0.3 is 19.8 Å². The van der Waals surface area contributed by atoms with E-state index in [1.54, 1.807) is 13.8 Å². The van der Waals surface area contributed by atoms with Crippen molar-refractivity contribution in [1.82, 2.24) is 37.2 Å². The first-order valence-electron chi connectivity index (χ1n) is 18.8. The molecule has 0 heterocycles. The van der Waals surface area contributed by atoms with Gasteiger partial charge in [0.15, 0.2) is 0 Å². The second-order valence-electron chi connectivity index (χ2n) is 14.7. The highest BCUT2D eigenvalue weighted by Gasteiger charge is 2.36. The molecule has 342 valence electrons. The fraction of sp³-hybridized carbons (Fsp3) is 0.706. The van der Waals surface area contributed by atoms with Gasteiger partial charge in [0.2, 0.25) is 47.3 Å². The number of nitrogens with two attached hydrogens (primary N) is 2. The number of rotatable bonds is 27. The van der Waals surface area contributed by atoms with Crippen LogP contribution in [0.25, 0.3) is 0 Å². The van der Waals surface area contributed by atoms with Crippen molar-refractivity contribution in [2.24, 2.45) is 29.2 Å². The Morgan fingerprint density at radius 1 is 0.600 bits per heavy atom. The van der Waals surface area contributed by atoms with Crippen LogP contribution < -0.4 is 48.7 Å². The van der Waals surface area contributed by atoms with Crippen molar-refractivity contribution < 1.29 is 77.0 Å². The summed E-state index contributed by atoms with van der Waals surface area (Å²) in [5.41, 5.74) is 10.7. The highest BCUT2D eigenvalue weighted by atomic mass is 31.2. The maximum absolute atomic E-state index is 13.6. The van der Waals surface area contributed by atoms with E-state index in [4.69, 9.17) is 11.5 Å². The topological polar surface area (TPSA) is 414 Å². The van der Waals surface area contributed by atoms with Crippen LogP contribution in [0.2, 0.25) is 0 Å². The van der Waals surface area contributed by atoms with Crippen molar-refractivity contribution in [3.63, 3.8) is 0 Å². The molecule has 0 bridgehead atoms. The summed E-state index contributed by atoms with van der Waals surface area (Å²) in [4.78, 5) is 145. The molecule has 0 radical (unpaired) electrons. The Balaban J connectivity index is 6.22. The molecule has 0 fully saturated rings. The zero-order valence-electron chi connectivity index (χ0n) is 34.7. The van der Waals surface area contributed by atoms with E-state index in [-0.39, 0.29) is 0 Å². The number of nitrogens with one attached hydrogen (secondary N) is 7. The van der Waals surface area contributed by atoms with E-state index in [0.717, 1.165) is 6.92 Å². The Hall–Kier alpha value is -5.23. The molecule has 8 amide bonds. The third kappa shape index (κ3) is 20.2. The molecule has 60 heavy (non-hydrogen) atoms. The van der Waals surface area contributed by atoms with Crippen LogP contribution in [0.15, 0.2) is 0 Å². The Labute approximate surface area is 346 Å². The first kappa shape index (κ1) is 54.8. The second kappa shape index (κ2) is 25.4. The van der Waals surface area contributed by atoms with Gasteiger partial charge in [0.1, 0.15) is 42.3 Å². The van der Waals surface area contributed by atoms with Crippen LogP contribution in [-0.2, 0) is 57.0 Å². The summed E-state index contributed by atoms with van der Waals surface area (Å²) < 4.78 is 15.9. The lowest BCUT2D eigenvalue weighted by atomic mass is 9.97. The molecular weight excluding hydrogens is 821 g/mol. The van der Waals surface area contributed by atoms with Crippen LogP contribution in [0, 0.1) is 17.8 Å². The lowest BCUT2D eigenvalue weighted by molar-refractivity contribution is -0.142. The molecule has 0 aromatic carbocycles. The summed E-state index contributed by atoms with van der Waals surface area (Å²) in [6.07, 6.45) is -1.30. The number of amides is 8. The van der Waals surface area contributed by atoms with Gasteiger partial charge in [-0.3, -0.25) is 52.5 Å². The Morgan fingerprint density at radius 3 is 1.47 bits per heavy atom. The standard InChI is InChI=1S/C34H60N9O16P/c1-9-16(6)26(33(53)38-18(8)34(54)55)43-29(49)20(10-11-23(45)46)39-31(51)24(14(2)3)41-27(47)17(7)37-30(50)21(13-59-60(56,57)58)40-32(52)25(15(4)5)42-28(48)19(35)12-22(36)44/h14-21,24-26H,9-13,35H2,1-8H3,(H2,36,44)(H,37,50)(H,38,53)(H,39,51)(H,40,52)(H,41,47)(H,42,48)(H,43,49)(H,45,46)(H,54,55)(H2,56,57,58)/t16-,17-,18-,19-,20-,21-,24-,25-,26-/m0/s1. The molecule has 15 N–H and O–H groups in total. The maximum Gasteiger partial charge on any atom is 0.469 e. The molecule has 0 spiro atoms. The molecule has 0 aromatic heterocycles. The van der Waals surface area contributed by atoms with E-state index < -0.39 is 159 Å². The van der Waals surface area contributed by atoms with Gasteiger partial charge in [-0.05, 0) is 38.0 Å². The minimum Gasteiger partial charge on any atom is -0.481 e. The minimum atomic E-state index is -5.24. The quantitative estimate of drug-likeness (QED) is 0.0350. The van der Waals surface area contributed by atoms with Gasteiger partial charge in [-0.2, -0.15) is 0 Å². The zero-order chi connectivity index (χ0) is 46.8. The molecule has 0 aliphatic heterocycles. The maximum atomic E-state index is 13.6. The highest BCUT2D eigenvalue weighted by molar-refractivity contribution is 7.46. The summed E-state index contributed by atoms with van der Waals surface area (Å²) in [5, 5.41) is 34.7. The average Bonchev–Trinajstić information content (AvgIpc) is 3.12. The predicted molar refractivity (Wildman–Crippen MR) is 208 cm³/mol. The SMILES string of the molecule is CC[C@H](C)[C@H](NC(=O)[C@H](CCC(=O)O)NC(=O)[C@@H](NC(=O)[C@H](C)NC(=O)[C@H](COP(=O)(O)O)NC(=O)[C@@H](NC(=O)[C@@H](N)CC(N)=O)C(C)C)C(C)C)C(=O)N[C@@H](C)C(=O)O. The lowest BCUT2D eigenvalue weighted by Gasteiger charge is -2.29. The fourth-order valence-corrected chi connectivity index (χ4v) is 5.38. The van der Waals surface area contributed by atoms with Crippen molar-refractivity contribution in [1.29, 1.82) is 0 Å². The van der Waals surface area contributed by atoms with Crippen LogP contribution in [0.5, 0.6) is 0 Å². The van der Waals surface area contributed by atoms with E-state index in [1.165, 1.54) is 34.6 Å². The number of primary amides is 1. The molecular formula is C34H60N9O16P. The summed E-state index contributed by atoms with van der Waals surface area (Å²) >= 11 is 0. The molecule has 0 saturated carbocycles. The number of carboxylic acid groups (broad SMARTS) is 2. The number of phosphoric ester groups is 1. The van der Waals surface area contributed by atoms with Crippen LogP contribution in [0.4, 0.5) is 0 Å². The van der Waals surface area contributed by atoms with Crippen LogP contribution in [0.1, 0.15) is 81.1 Å².